The lowest BCUT2D eigenvalue weighted by atomic mass is 10.1. The van der Waals surface area contributed by atoms with E-state index in [9.17, 15) is 19.0 Å². The second-order valence-electron chi connectivity index (χ2n) is 14.2. The Morgan fingerprint density at radius 3 is 1.56 bits per heavy atom. The normalized spacial score (nSPS) is 13.8. The minimum Gasteiger partial charge on any atom is -0.462 e. The highest BCUT2D eigenvalue weighted by Crippen LogP contribution is 2.43. The van der Waals surface area contributed by atoms with Crippen LogP contribution >= 0.6 is 7.82 Å². The van der Waals surface area contributed by atoms with Crippen LogP contribution in [0.2, 0.25) is 0 Å². The summed E-state index contributed by atoms with van der Waals surface area (Å²) in [5.74, 6) is -0.878. The molecule has 0 amide bonds. The lowest BCUT2D eigenvalue weighted by Gasteiger charge is -2.20. The third-order valence-electron chi connectivity index (χ3n) is 8.92. The quantitative estimate of drug-likeness (QED) is 0.0271. The molecule has 2 unspecified atom stereocenters. The molecule has 0 aromatic rings. The van der Waals surface area contributed by atoms with Gasteiger partial charge < -0.3 is 19.7 Å². The van der Waals surface area contributed by atoms with Gasteiger partial charge in [-0.3, -0.25) is 18.6 Å². The summed E-state index contributed by atoms with van der Waals surface area (Å²) in [6, 6.07) is 0. The first-order valence-corrected chi connectivity index (χ1v) is 23.1. The van der Waals surface area contributed by atoms with Crippen LogP contribution in [0.25, 0.3) is 0 Å². The van der Waals surface area contributed by atoms with E-state index in [1.807, 2.05) is 6.08 Å². The third kappa shape index (κ3) is 39.7. The van der Waals surface area contributed by atoms with E-state index in [0.29, 0.717) is 13.0 Å². The fourth-order valence-electron chi connectivity index (χ4n) is 5.62. The van der Waals surface area contributed by atoms with Crippen LogP contribution in [0.15, 0.2) is 48.6 Å². The topological polar surface area (TPSA) is 120 Å². The van der Waals surface area contributed by atoms with Crippen molar-refractivity contribution in [1.82, 2.24) is 5.32 Å². The molecule has 54 heavy (non-hydrogen) atoms. The molecule has 0 aliphatic rings. The van der Waals surface area contributed by atoms with E-state index in [1.165, 1.54) is 83.5 Å². The van der Waals surface area contributed by atoms with Crippen LogP contribution in [-0.4, -0.2) is 56.3 Å². The van der Waals surface area contributed by atoms with Gasteiger partial charge in [0.15, 0.2) is 6.10 Å². The lowest BCUT2D eigenvalue weighted by Crippen LogP contribution is -2.29. The SMILES string of the molecule is CCCCCCCC/C=C\C/C=C\C/C=C\CCCC(=O)OC(COC(=O)CCCCCCC/C=C\CCCCCCCC)COP(=O)(O)OCCNC. The molecule has 9 nitrogen and oxygen atoms in total. The maximum Gasteiger partial charge on any atom is 0.472 e. The van der Waals surface area contributed by atoms with Crippen LogP contribution in [0.3, 0.4) is 0 Å². The predicted octanol–water partition coefficient (Wildman–Crippen LogP) is 12.2. The zero-order valence-electron chi connectivity index (χ0n) is 34.7. The number of allylic oxidation sites excluding steroid dienone is 8. The maximum absolute atomic E-state index is 12.6. The number of hydrogen-bond acceptors (Lipinski definition) is 8. The van der Waals surface area contributed by atoms with Crippen molar-refractivity contribution in [3.05, 3.63) is 48.6 Å². The van der Waals surface area contributed by atoms with Gasteiger partial charge in [0.1, 0.15) is 6.61 Å². The number of likely N-dealkylation sites (N-methyl/N-ethyl adjacent to an activating group) is 1. The molecule has 0 fully saturated rings. The van der Waals surface area contributed by atoms with Gasteiger partial charge in [0, 0.05) is 19.4 Å². The summed E-state index contributed by atoms with van der Waals surface area (Å²) >= 11 is 0. The number of unbranched alkanes of at least 4 members (excludes halogenated alkanes) is 18. The molecule has 0 saturated heterocycles. The summed E-state index contributed by atoms with van der Waals surface area (Å²) in [6.45, 7) is 4.14. The molecule has 314 valence electrons. The Labute approximate surface area is 330 Å². The molecular weight excluding hydrogens is 701 g/mol. The van der Waals surface area contributed by atoms with Gasteiger partial charge in [-0.2, -0.15) is 0 Å². The molecule has 0 saturated carbocycles. The van der Waals surface area contributed by atoms with Gasteiger partial charge in [0.05, 0.1) is 13.2 Å². The Balaban J connectivity index is 4.34. The molecule has 0 aromatic carbocycles. The summed E-state index contributed by atoms with van der Waals surface area (Å²) in [5.41, 5.74) is 0. The summed E-state index contributed by atoms with van der Waals surface area (Å²) in [6.07, 6.45) is 44.5. The van der Waals surface area contributed by atoms with Crippen molar-refractivity contribution >= 4 is 19.8 Å². The first kappa shape index (κ1) is 52.0. The van der Waals surface area contributed by atoms with Crippen molar-refractivity contribution in [3.63, 3.8) is 0 Å². The average Bonchev–Trinajstić information content (AvgIpc) is 3.15. The molecule has 2 N–H and O–H groups in total. The van der Waals surface area contributed by atoms with Crippen molar-refractivity contribution in [2.24, 2.45) is 0 Å². The van der Waals surface area contributed by atoms with Crippen LogP contribution in [-0.2, 0) is 32.7 Å². The Morgan fingerprint density at radius 1 is 0.574 bits per heavy atom. The number of carbonyl (C=O) groups excluding carboxylic acids is 2. The Kier molecular flexibility index (Phi) is 39.1. The van der Waals surface area contributed by atoms with Gasteiger partial charge in [0.25, 0.3) is 0 Å². The molecule has 0 aromatic heterocycles. The summed E-state index contributed by atoms with van der Waals surface area (Å²) in [4.78, 5) is 35.0. The third-order valence-corrected chi connectivity index (χ3v) is 9.91. The van der Waals surface area contributed by atoms with Crippen molar-refractivity contribution in [1.29, 1.82) is 0 Å². The fourth-order valence-corrected chi connectivity index (χ4v) is 6.37. The summed E-state index contributed by atoms with van der Waals surface area (Å²) in [5, 5.41) is 2.82. The first-order chi connectivity index (χ1) is 26.3. The number of rotatable bonds is 40. The van der Waals surface area contributed by atoms with Crippen LogP contribution in [0.4, 0.5) is 0 Å². The van der Waals surface area contributed by atoms with Crippen LogP contribution < -0.4 is 5.32 Å². The van der Waals surface area contributed by atoms with Gasteiger partial charge in [-0.05, 0) is 77.7 Å². The number of carbonyl (C=O) groups is 2. The van der Waals surface area contributed by atoms with Crippen molar-refractivity contribution in [2.45, 2.75) is 187 Å². The standard InChI is InChI=1S/C44H80NO8P/c1-4-6-8-10-12-14-16-18-20-21-23-25-27-29-31-33-35-37-44(47)53-42(41-52-54(48,49)51-39-38-45-3)40-50-43(46)36-34-32-30-28-26-24-22-19-17-15-13-11-9-7-5-2/h18-20,22-23,25,29,31,42,45H,4-17,21,24,26-28,30,32-41H2,1-3H3,(H,48,49)/b20-18-,22-19-,25-23-,31-29-. The fraction of sp³-hybridized carbons (Fsp3) is 0.773. The van der Waals surface area contributed by atoms with Gasteiger partial charge in [-0.1, -0.05) is 146 Å². The number of ether oxygens (including phenoxy) is 2. The largest absolute Gasteiger partial charge is 0.472 e. The van der Waals surface area contributed by atoms with E-state index in [2.05, 4.69) is 61.7 Å². The second kappa shape index (κ2) is 40.6. The monoisotopic (exact) mass is 782 g/mol. The number of hydrogen-bond donors (Lipinski definition) is 2. The highest BCUT2D eigenvalue weighted by Gasteiger charge is 2.26. The van der Waals surface area contributed by atoms with Gasteiger partial charge >= 0.3 is 19.8 Å². The van der Waals surface area contributed by atoms with Crippen LogP contribution in [0.5, 0.6) is 0 Å². The van der Waals surface area contributed by atoms with Crippen LogP contribution in [0, 0.1) is 0 Å². The van der Waals surface area contributed by atoms with Crippen molar-refractivity contribution < 1.29 is 37.6 Å². The zero-order valence-corrected chi connectivity index (χ0v) is 35.6. The van der Waals surface area contributed by atoms with E-state index in [1.54, 1.807) is 7.05 Å². The summed E-state index contributed by atoms with van der Waals surface area (Å²) in [7, 11) is -2.67. The predicted molar refractivity (Wildman–Crippen MR) is 224 cm³/mol. The second-order valence-corrected chi connectivity index (χ2v) is 15.6. The maximum atomic E-state index is 12.6. The number of esters is 2. The van der Waals surface area contributed by atoms with E-state index >= 15 is 0 Å². The molecule has 0 radical (unpaired) electrons. The van der Waals surface area contributed by atoms with Crippen LogP contribution in [0.1, 0.15) is 181 Å². The Hall–Kier alpha value is -2.03. The smallest absolute Gasteiger partial charge is 0.462 e. The highest BCUT2D eigenvalue weighted by atomic mass is 31.2. The molecule has 0 heterocycles. The van der Waals surface area contributed by atoms with Gasteiger partial charge in [-0.15, -0.1) is 0 Å². The Bertz CT molecular complexity index is 1030. The number of phosphoric ester groups is 1. The molecule has 2 atom stereocenters. The first-order valence-electron chi connectivity index (χ1n) is 21.6. The van der Waals surface area contributed by atoms with Crippen molar-refractivity contribution in [2.75, 3.05) is 33.4 Å². The van der Waals surface area contributed by atoms with Crippen molar-refractivity contribution in [3.8, 4) is 0 Å². The van der Waals surface area contributed by atoms with Gasteiger partial charge in [-0.25, -0.2) is 4.57 Å². The highest BCUT2D eigenvalue weighted by molar-refractivity contribution is 7.47. The number of nitrogens with one attached hydrogen (secondary N) is 1. The number of phosphoric acid groups is 1. The van der Waals surface area contributed by atoms with E-state index in [0.717, 1.165) is 64.2 Å². The van der Waals surface area contributed by atoms with Gasteiger partial charge in [0.2, 0.25) is 0 Å². The van der Waals surface area contributed by atoms with E-state index in [4.69, 9.17) is 18.5 Å². The molecule has 10 heteroatoms. The Morgan fingerprint density at radius 2 is 1.02 bits per heavy atom. The van der Waals surface area contributed by atoms with E-state index < -0.39 is 32.5 Å². The molecule has 0 aliphatic heterocycles. The molecule has 0 aliphatic carbocycles. The van der Waals surface area contributed by atoms with E-state index in [-0.39, 0.29) is 26.1 Å². The average molecular weight is 782 g/mol. The molecule has 0 spiro atoms. The molecular formula is C44H80NO8P. The lowest BCUT2D eigenvalue weighted by molar-refractivity contribution is -0.161. The zero-order chi connectivity index (χ0) is 39.6. The summed E-state index contributed by atoms with van der Waals surface area (Å²) < 4.78 is 33.1. The minimum atomic E-state index is -4.36. The minimum absolute atomic E-state index is 0.0284. The molecule has 0 bridgehead atoms. The molecule has 0 rings (SSSR count).